The van der Waals surface area contributed by atoms with E-state index in [4.69, 9.17) is 0 Å². The standard InChI is InChI=1S/C21H31N3O2/c1-5-6-10-13-24-18(14-19(23-24)21(2,3)4)20(26)22-17(15-25)16-11-8-7-9-12-16/h7-9,11-12,14,17,25H,5-6,10,13,15H2,1-4H3,(H,22,26). The van der Waals surface area contributed by atoms with Crippen LogP contribution in [0.4, 0.5) is 0 Å². The van der Waals surface area contributed by atoms with Crippen LogP contribution in [0.15, 0.2) is 36.4 Å². The van der Waals surface area contributed by atoms with Gasteiger partial charge in [-0.25, -0.2) is 0 Å². The molecule has 2 N–H and O–H groups in total. The van der Waals surface area contributed by atoms with Crippen molar-refractivity contribution in [1.82, 2.24) is 15.1 Å². The Kier molecular flexibility index (Phi) is 6.98. The smallest absolute Gasteiger partial charge is 0.270 e. The molecule has 0 aliphatic rings. The van der Waals surface area contributed by atoms with Crippen molar-refractivity contribution >= 4 is 5.91 Å². The molecule has 1 aromatic carbocycles. The van der Waals surface area contributed by atoms with E-state index in [1.165, 1.54) is 0 Å². The van der Waals surface area contributed by atoms with Crippen molar-refractivity contribution < 1.29 is 9.90 Å². The monoisotopic (exact) mass is 357 g/mol. The Bertz CT molecular complexity index is 702. The molecule has 0 radical (unpaired) electrons. The summed E-state index contributed by atoms with van der Waals surface area (Å²) in [7, 11) is 0. The van der Waals surface area contributed by atoms with Gasteiger partial charge in [-0.15, -0.1) is 0 Å². The summed E-state index contributed by atoms with van der Waals surface area (Å²) in [5.41, 5.74) is 2.22. The SMILES string of the molecule is CCCCCn1nc(C(C)(C)C)cc1C(=O)NC(CO)c1ccccc1. The lowest BCUT2D eigenvalue weighted by Gasteiger charge is -2.17. The summed E-state index contributed by atoms with van der Waals surface area (Å²) in [5, 5.41) is 17.3. The van der Waals surface area contributed by atoms with Crippen molar-refractivity contribution in [2.45, 2.75) is 65.0 Å². The van der Waals surface area contributed by atoms with Gasteiger partial charge in [-0.1, -0.05) is 70.9 Å². The van der Waals surface area contributed by atoms with Crippen molar-refractivity contribution in [2.24, 2.45) is 0 Å². The van der Waals surface area contributed by atoms with Crippen molar-refractivity contribution in [3.8, 4) is 0 Å². The molecule has 0 saturated heterocycles. The number of carbonyl (C=O) groups is 1. The third-order valence-corrected chi connectivity index (χ3v) is 4.44. The Hall–Kier alpha value is -2.14. The first-order valence-corrected chi connectivity index (χ1v) is 9.41. The number of aliphatic hydroxyl groups is 1. The second-order valence-corrected chi connectivity index (χ2v) is 7.71. The van der Waals surface area contributed by atoms with Crippen LogP contribution in [-0.4, -0.2) is 27.4 Å². The van der Waals surface area contributed by atoms with Gasteiger partial charge in [-0.2, -0.15) is 5.10 Å². The summed E-state index contributed by atoms with van der Waals surface area (Å²) in [6.45, 7) is 9.01. The van der Waals surface area contributed by atoms with Crippen LogP contribution in [0.1, 0.15) is 74.7 Å². The molecule has 26 heavy (non-hydrogen) atoms. The molecule has 2 rings (SSSR count). The van der Waals surface area contributed by atoms with Crippen LogP contribution >= 0.6 is 0 Å². The highest BCUT2D eigenvalue weighted by molar-refractivity contribution is 5.93. The summed E-state index contributed by atoms with van der Waals surface area (Å²) in [6.07, 6.45) is 3.22. The van der Waals surface area contributed by atoms with Crippen molar-refractivity contribution in [3.05, 3.63) is 53.3 Å². The third kappa shape index (κ3) is 5.18. The van der Waals surface area contributed by atoms with Crippen molar-refractivity contribution in [1.29, 1.82) is 0 Å². The maximum absolute atomic E-state index is 12.9. The number of unbranched alkanes of at least 4 members (excludes halogenated alkanes) is 2. The lowest BCUT2D eigenvalue weighted by Crippen LogP contribution is -2.32. The van der Waals surface area contributed by atoms with E-state index in [2.05, 4.69) is 38.1 Å². The predicted molar refractivity (Wildman–Crippen MR) is 104 cm³/mol. The third-order valence-electron chi connectivity index (χ3n) is 4.44. The number of rotatable bonds is 8. The molecule has 1 atom stereocenters. The highest BCUT2D eigenvalue weighted by atomic mass is 16.3. The van der Waals surface area contributed by atoms with Gasteiger partial charge in [0, 0.05) is 12.0 Å². The summed E-state index contributed by atoms with van der Waals surface area (Å²) in [4.78, 5) is 12.9. The molecule has 2 aromatic rings. The number of amides is 1. The molecule has 5 nitrogen and oxygen atoms in total. The molecule has 1 unspecified atom stereocenters. The maximum Gasteiger partial charge on any atom is 0.270 e. The van der Waals surface area contributed by atoms with Gasteiger partial charge in [0.1, 0.15) is 5.69 Å². The number of aryl methyl sites for hydroxylation is 1. The lowest BCUT2D eigenvalue weighted by atomic mass is 9.92. The minimum absolute atomic E-state index is 0.124. The zero-order valence-electron chi connectivity index (χ0n) is 16.3. The first-order valence-electron chi connectivity index (χ1n) is 9.41. The summed E-state index contributed by atoms with van der Waals surface area (Å²) in [6, 6.07) is 11.0. The summed E-state index contributed by atoms with van der Waals surface area (Å²) >= 11 is 0. The molecule has 0 saturated carbocycles. The van der Waals surface area contributed by atoms with Crippen LogP contribution in [0.3, 0.4) is 0 Å². The largest absolute Gasteiger partial charge is 0.394 e. The topological polar surface area (TPSA) is 67.2 Å². The Balaban J connectivity index is 2.23. The molecule has 0 bridgehead atoms. The Morgan fingerprint density at radius 3 is 2.50 bits per heavy atom. The van der Waals surface area contributed by atoms with E-state index < -0.39 is 6.04 Å². The van der Waals surface area contributed by atoms with Gasteiger partial charge in [-0.05, 0) is 18.1 Å². The molecular formula is C21H31N3O2. The second-order valence-electron chi connectivity index (χ2n) is 7.71. The van der Waals surface area contributed by atoms with E-state index in [0.29, 0.717) is 5.69 Å². The van der Waals surface area contributed by atoms with Gasteiger partial charge in [0.15, 0.2) is 0 Å². The van der Waals surface area contributed by atoms with Crippen LogP contribution in [0.25, 0.3) is 0 Å². The van der Waals surface area contributed by atoms with E-state index in [9.17, 15) is 9.90 Å². The van der Waals surface area contributed by atoms with Crippen molar-refractivity contribution in [2.75, 3.05) is 6.61 Å². The van der Waals surface area contributed by atoms with Gasteiger partial charge in [-0.3, -0.25) is 9.48 Å². The van der Waals surface area contributed by atoms with Crippen LogP contribution in [-0.2, 0) is 12.0 Å². The van der Waals surface area contributed by atoms with Crippen LogP contribution < -0.4 is 5.32 Å². The minimum atomic E-state index is -0.430. The second kappa shape index (κ2) is 8.99. The Morgan fingerprint density at radius 2 is 1.92 bits per heavy atom. The zero-order valence-corrected chi connectivity index (χ0v) is 16.3. The first-order chi connectivity index (χ1) is 12.4. The molecule has 142 valence electrons. The molecule has 0 spiro atoms. The minimum Gasteiger partial charge on any atom is -0.394 e. The van der Waals surface area contributed by atoms with Crippen LogP contribution in [0, 0.1) is 0 Å². The average molecular weight is 357 g/mol. The normalized spacial score (nSPS) is 12.8. The van der Waals surface area contributed by atoms with Gasteiger partial charge < -0.3 is 10.4 Å². The number of nitrogens with one attached hydrogen (secondary N) is 1. The van der Waals surface area contributed by atoms with Gasteiger partial charge in [0.25, 0.3) is 5.91 Å². The highest BCUT2D eigenvalue weighted by Gasteiger charge is 2.24. The molecule has 1 amide bonds. The van der Waals surface area contributed by atoms with E-state index in [-0.39, 0.29) is 17.9 Å². The predicted octanol–water partition coefficient (Wildman–Crippen LogP) is 3.83. The lowest BCUT2D eigenvalue weighted by molar-refractivity contribution is 0.0905. The first kappa shape index (κ1) is 20.2. The number of benzene rings is 1. The Morgan fingerprint density at radius 1 is 1.23 bits per heavy atom. The van der Waals surface area contributed by atoms with Gasteiger partial charge >= 0.3 is 0 Å². The fourth-order valence-corrected chi connectivity index (χ4v) is 2.80. The molecule has 0 aliphatic carbocycles. The number of carbonyl (C=O) groups excluding carboxylic acids is 1. The average Bonchev–Trinajstić information content (AvgIpc) is 3.05. The van der Waals surface area contributed by atoms with E-state index in [1.807, 2.05) is 41.1 Å². The molecule has 1 heterocycles. The van der Waals surface area contributed by atoms with E-state index in [1.54, 1.807) is 0 Å². The molecular weight excluding hydrogens is 326 g/mol. The van der Waals surface area contributed by atoms with Crippen LogP contribution in [0.2, 0.25) is 0 Å². The fraction of sp³-hybridized carbons (Fsp3) is 0.524. The summed E-state index contributed by atoms with van der Waals surface area (Å²) in [5.74, 6) is -0.201. The van der Waals surface area contributed by atoms with E-state index >= 15 is 0 Å². The van der Waals surface area contributed by atoms with Gasteiger partial charge in [0.05, 0.1) is 18.3 Å². The molecule has 5 heteroatoms. The van der Waals surface area contributed by atoms with Crippen molar-refractivity contribution in [3.63, 3.8) is 0 Å². The highest BCUT2D eigenvalue weighted by Crippen LogP contribution is 2.23. The number of nitrogens with zero attached hydrogens (tertiary/aromatic N) is 2. The number of aliphatic hydroxyl groups excluding tert-OH is 1. The fourth-order valence-electron chi connectivity index (χ4n) is 2.80. The number of hydrogen-bond acceptors (Lipinski definition) is 3. The maximum atomic E-state index is 12.9. The molecule has 1 aromatic heterocycles. The Labute approximate surface area is 156 Å². The van der Waals surface area contributed by atoms with E-state index in [0.717, 1.165) is 37.1 Å². The van der Waals surface area contributed by atoms with Crippen LogP contribution in [0.5, 0.6) is 0 Å². The quantitative estimate of drug-likeness (QED) is 0.706. The van der Waals surface area contributed by atoms with Gasteiger partial charge in [0.2, 0.25) is 0 Å². The summed E-state index contributed by atoms with van der Waals surface area (Å²) < 4.78 is 1.81. The molecule has 0 aliphatic heterocycles. The molecule has 0 fully saturated rings. The zero-order chi connectivity index (χ0) is 19.2. The number of aromatic nitrogens is 2. The number of hydrogen-bond donors (Lipinski definition) is 2.